The average molecular weight is 347 g/mol. The lowest BCUT2D eigenvalue weighted by atomic mass is 9.82. The lowest BCUT2D eigenvalue weighted by molar-refractivity contribution is -0.149. The van der Waals surface area contributed by atoms with Gasteiger partial charge in [0.15, 0.2) is 0 Å². The van der Waals surface area contributed by atoms with E-state index in [1.54, 1.807) is 0 Å². The molecule has 4 heteroatoms. The first-order valence-corrected chi connectivity index (χ1v) is 9.75. The van der Waals surface area contributed by atoms with Crippen molar-refractivity contribution in [1.29, 1.82) is 0 Å². The van der Waals surface area contributed by atoms with Crippen LogP contribution in [-0.2, 0) is 11.3 Å². The van der Waals surface area contributed by atoms with E-state index in [9.17, 15) is 9.90 Å². The molecule has 2 N–H and O–H groups in total. The Morgan fingerprint density at radius 2 is 1.96 bits per heavy atom. The van der Waals surface area contributed by atoms with Crippen LogP contribution in [-0.4, -0.2) is 24.2 Å². The third kappa shape index (κ3) is 5.74. The van der Waals surface area contributed by atoms with Crippen molar-refractivity contribution in [2.75, 3.05) is 13.2 Å². The van der Waals surface area contributed by atoms with Crippen LogP contribution < -0.4 is 10.1 Å². The van der Waals surface area contributed by atoms with Crippen LogP contribution >= 0.6 is 0 Å². The number of rotatable bonds is 10. The number of carboxylic acid groups (broad SMARTS) is 1. The quantitative estimate of drug-likeness (QED) is 0.648. The first-order valence-electron chi connectivity index (χ1n) is 9.75. The van der Waals surface area contributed by atoms with Crippen LogP contribution in [0.15, 0.2) is 24.3 Å². The summed E-state index contributed by atoms with van der Waals surface area (Å²) in [5, 5.41) is 12.8. The molecule has 2 rings (SSSR count). The third-order valence-electron chi connectivity index (χ3n) is 5.71. The predicted molar refractivity (Wildman–Crippen MR) is 101 cm³/mol. The maximum Gasteiger partial charge on any atom is 0.310 e. The molecule has 1 aliphatic rings. The van der Waals surface area contributed by atoms with Gasteiger partial charge in [0.05, 0.1) is 12.0 Å². The van der Waals surface area contributed by atoms with Gasteiger partial charge in [-0.2, -0.15) is 0 Å². The summed E-state index contributed by atoms with van der Waals surface area (Å²) in [6.45, 7) is 5.85. The van der Waals surface area contributed by atoms with Gasteiger partial charge in [0.2, 0.25) is 0 Å². The van der Waals surface area contributed by atoms with E-state index in [1.165, 1.54) is 32.1 Å². The van der Waals surface area contributed by atoms with E-state index in [4.69, 9.17) is 4.74 Å². The Morgan fingerprint density at radius 3 is 2.60 bits per heavy atom. The highest BCUT2D eigenvalue weighted by atomic mass is 16.5. The summed E-state index contributed by atoms with van der Waals surface area (Å²) in [4.78, 5) is 11.6. The second kappa shape index (κ2) is 9.81. The lowest BCUT2D eigenvalue weighted by Gasteiger charge is -2.27. The fraction of sp³-hybridized carbons (Fsp3) is 0.667. The maximum atomic E-state index is 11.6. The molecule has 0 radical (unpaired) electrons. The number of hydrogen-bond donors (Lipinski definition) is 2. The Morgan fingerprint density at radius 1 is 1.24 bits per heavy atom. The van der Waals surface area contributed by atoms with Crippen LogP contribution in [0.1, 0.15) is 64.4 Å². The normalized spacial score (nSPS) is 15.9. The van der Waals surface area contributed by atoms with Crippen LogP contribution in [0, 0.1) is 11.3 Å². The minimum Gasteiger partial charge on any atom is -0.493 e. The summed E-state index contributed by atoms with van der Waals surface area (Å²) < 4.78 is 5.99. The number of carboxylic acids is 1. The molecule has 0 aromatic heterocycles. The molecule has 4 nitrogen and oxygen atoms in total. The van der Waals surface area contributed by atoms with Crippen molar-refractivity contribution in [3.05, 3.63) is 29.8 Å². The van der Waals surface area contributed by atoms with E-state index in [1.807, 2.05) is 26.0 Å². The fourth-order valence-corrected chi connectivity index (χ4v) is 3.64. The number of ether oxygens (including phenoxy) is 1. The van der Waals surface area contributed by atoms with Gasteiger partial charge >= 0.3 is 5.97 Å². The molecular weight excluding hydrogens is 314 g/mol. The lowest BCUT2D eigenvalue weighted by Crippen LogP contribution is -2.40. The Hall–Kier alpha value is -1.55. The van der Waals surface area contributed by atoms with Crippen molar-refractivity contribution in [2.24, 2.45) is 11.3 Å². The van der Waals surface area contributed by atoms with E-state index in [0.29, 0.717) is 31.8 Å². The van der Waals surface area contributed by atoms with Gasteiger partial charge < -0.3 is 15.2 Å². The number of carbonyl (C=O) groups is 1. The summed E-state index contributed by atoms with van der Waals surface area (Å²) in [5.41, 5.74) is 0.461. The molecule has 1 aliphatic carbocycles. The summed E-state index contributed by atoms with van der Waals surface area (Å²) >= 11 is 0. The van der Waals surface area contributed by atoms with Gasteiger partial charge in [0, 0.05) is 13.1 Å². The predicted octanol–water partition coefficient (Wildman–Crippen LogP) is 4.63. The molecule has 0 amide bonds. The van der Waals surface area contributed by atoms with Crippen molar-refractivity contribution in [3.8, 4) is 5.75 Å². The summed E-state index contributed by atoms with van der Waals surface area (Å²) in [6, 6.07) is 8.14. The van der Waals surface area contributed by atoms with Gasteiger partial charge in [-0.05, 0) is 49.3 Å². The fourth-order valence-electron chi connectivity index (χ4n) is 3.64. The molecule has 25 heavy (non-hydrogen) atoms. The first kappa shape index (κ1) is 19.8. The van der Waals surface area contributed by atoms with Crippen LogP contribution in [0.3, 0.4) is 0 Å². The van der Waals surface area contributed by atoms with Crippen molar-refractivity contribution in [1.82, 2.24) is 5.32 Å². The number of nitrogens with one attached hydrogen (secondary N) is 1. The van der Waals surface area contributed by atoms with Crippen LogP contribution in [0.4, 0.5) is 0 Å². The molecule has 0 bridgehead atoms. The monoisotopic (exact) mass is 347 g/mol. The van der Waals surface area contributed by atoms with Crippen LogP contribution in [0.5, 0.6) is 5.75 Å². The summed E-state index contributed by atoms with van der Waals surface area (Å²) in [7, 11) is 0. The van der Waals surface area contributed by atoms with Gasteiger partial charge in [0.1, 0.15) is 5.75 Å². The average Bonchev–Trinajstić information content (AvgIpc) is 2.65. The third-order valence-corrected chi connectivity index (χ3v) is 5.71. The summed E-state index contributed by atoms with van der Waals surface area (Å²) in [5.74, 6) is 0.899. The highest BCUT2D eigenvalue weighted by Crippen LogP contribution is 2.26. The van der Waals surface area contributed by atoms with Gasteiger partial charge in [0.25, 0.3) is 0 Å². The molecule has 0 unspecified atom stereocenters. The Kier molecular flexibility index (Phi) is 7.76. The van der Waals surface area contributed by atoms with Gasteiger partial charge in [-0.25, -0.2) is 0 Å². The van der Waals surface area contributed by atoms with E-state index >= 15 is 0 Å². The number of aliphatic carboxylic acids is 1. The Balaban J connectivity index is 1.83. The molecule has 1 aromatic carbocycles. The molecule has 140 valence electrons. The molecule has 1 aromatic rings. The van der Waals surface area contributed by atoms with Crippen LogP contribution in [0.2, 0.25) is 0 Å². The van der Waals surface area contributed by atoms with Crippen molar-refractivity contribution < 1.29 is 14.6 Å². The molecule has 0 aliphatic heterocycles. The van der Waals surface area contributed by atoms with E-state index in [2.05, 4.69) is 17.4 Å². The second-order valence-corrected chi connectivity index (χ2v) is 7.36. The summed E-state index contributed by atoms with van der Waals surface area (Å²) in [6.07, 6.45) is 7.87. The molecule has 0 saturated heterocycles. The molecule has 1 fully saturated rings. The van der Waals surface area contributed by atoms with E-state index < -0.39 is 11.4 Å². The molecule has 0 atom stereocenters. The molecule has 0 spiro atoms. The maximum absolute atomic E-state index is 11.6. The minimum atomic E-state index is -0.713. The Labute approximate surface area is 152 Å². The Bertz CT molecular complexity index is 534. The largest absolute Gasteiger partial charge is 0.493 e. The minimum absolute atomic E-state index is 0.489. The van der Waals surface area contributed by atoms with E-state index in [-0.39, 0.29) is 0 Å². The molecular formula is C21H33NO3. The molecule has 0 heterocycles. The van der Waals surface area contributed by atoms with Gasteiger partial charge in [-0.3, -0.25) is 4.79 Å². The van der Waals surface area contributed by atoms with Crippen molar-refractivity contribution >= 4 is 5.97 Å². The number of hydrogen-bond acceptors (Lipinski definition) is 3. The van der Waals surface area contributed by atoms with Crippen LogP contribution in [0.25, 0.3) is 0 Å². The zero-order valence-electron chi connectivity index (χ0n) is 15.7. The van der Waals surface area contributed by atoms with Gasteiger partial charge in [-0.15, -0.1) is 0 Å². The zero-order valence-corrected chi connectivity index (χ0v) is 15.7. The van der Waals surface area contributed by atoms with E-state index in [0.717, 1.165) is 17.9 Å². The molecule has 1 saturated carbocycles. The highest BCUT2D eigenvalue weighted by molar-refractivity contribution is 5.74. The van der Waals surface area contributed by atoms with Gasteiger partial charge in [-0.1, -0.05) is 45.2 Å². The second-order valence-electron chi connectivity index (χ2n) is 7.36. The SMILES string of the molecule is CCC(CC)(CNCc1cccc(OCC2CCCCC2)c1)C(=O)O. The van der Waals surface area contributed by atoms with Crippen molar-refractivity contribution in [3.63, 3.8) is 0 Å². The first-order chi connectivity index (χ1) is 12.1. The zero-order chi connectivity index (χ0) is 18.1. The topological polar surface area (TPSA) is 58.6 Å². The smallest absolute Gasteiger partial charge is 0.310 e. The van der Waals surface area contributed by atoms with Crippen molar-refractivity contribution in [2.45, 2.75) is 65.3 Å². The standard InChI is InChI=1S/C21H33NO3/c1-3-21(4-2,20(23)24)16-22-14-18-11-8-12-19(13-18)25-15-17-9-6-5-7-10-17/h8,11-13,17,22H,3-7,9-10,14-16H2,1-2H3,(H,23,24). The highest BCUT2D eigenvalue weighted by Gasteiger charge is 2.34. The number of benzene rings is 1.